The highest BCUT2D eigenvalue weighted by Gasteiger charge is 2.47. The Morgan fingerprint density at radius 3 is 1.97 bits per heavy atom. The fraction of sp³-hybridized carbons (Fsp3) is 0.333. The molecular formula is C27H31NO. The van der Waals surface area contributed by atoms with Gasteiger partial charge in [-0.05, 0) is 29.5 Å². The summed E-state index contributed by atoms with van der Waals surface area (Å²) < 4.78 is 0. The van der Waals surface area contributed by atoms with Gasteiger partial charge in [-0.3, -0.25) is 0 Å². The molecule has 1 saturated heterocycles. The van der Waals surface area contributed by atoms with E-state index in [0.29, 0.717) is 6.42 Å². The van der Waals surface area contributed by atoms with E-state index in [-0.39, 0.29) is 18.0 Å². The summed E-state index contributed by atoms with van der Waals surface area (Å²) in [6.07, 6.45) is 3.47. The van der Waals surface area contributed by atoms with E-state index >= 15 is 0 Å². The summed E-state index contributed by atoms with van der Waals surface area (Å²) in [5.41, 5.74) is 2.95. The lowest BCUT2D eigenvalue weighted by Crippen LogP contribution is -2.54. The van der Waals surface area contributed by atoms with Crippen molar-refractivity contribution in [3.05, 3.63) is 108 Å². The van der Waals surface area contributed by atoms with Crippen molar-refractivity contribution in [2.75, 3.05) is 0 Å². The average molecular weight is 386 g/mol. The third-order valence-electron chi connectivity index (χ3n) is 6.34. The van der Waals surface area contributed by atoms with Crippen LogP contribution < -0.4 is 5.32 Å². The molecule has 150 valence electrons. The first kappa shape index (κ1) is 19.9. The van der Waals surface area contributed by atoms with Gasteiger partial charge in [0.25, 0.3) is 0 Å². The third kappa shape index (κ3) is 4.44. The summed E-state index contributed by atoms with van der Waals surface area (Å²) in [4.78, 5) is 0. The van der Waals surface area contributed by atoms with Crippen molar-refractivity contribution in [1.82, 2.24) is 5.32 Å². The molecule has 1 heterocycles. The van der Waals surface area contributed by atoms with Gasteiger partial charge in [0.1, 0.15) is 0 Å². The van der Waals surface area contributed by atoms with Crippen molar-refractivity contribution < 1.29 is 5.11 Å². The maximum absolute atomic E-state index is 12.1. The van der Waals surface area contributed by atoms with Crippen LogP contribution in [0.3, 0.4) is 0 Å². The van der Waals surface area contributed by atoms with E-state index in [9.17, 15) is 5.11 Å². The molecule has 0 saturated carbocycles. The standard InChI is InChI=1S/C27H31NO/c1-2-12-24-26(23-17-10-5-11-18-23)28-25(22-15-8-4-9-16-22)20-27(24,29)19-21-13-6-3-7-14-21/h3-11,13-18,24-26,28-29H,2,12,19-20H2,1H3/t24-,25+,26+,27-/m1/s1. The molecule has 4 rings (SSSR count). The van der Waals surface area contributed by atoms with Gasteiger partial charge in [0.2, 0.25) is 0 Å². The first-order valence-corrected chi connectivity index (χ1v) is 10.8. The summed E-state index contributed by atoms with van der Waals surface area (Å²) in [7, 11) is 0. The molecule has 0 unspecified atom stereocenters. The number of benzene rings is 3. The Labute approximate surface area is 174 Å². The van der Waals surface area contributed by atoms with Crippen molar-refractivity contribution >= 4 is 0 Å². The quantitative estimate of drug-likeness (QED) is 0.558. The van der Waals surface area contributed by atoms with E-state index in [1.165, 1.54) is 16.7 Å². The fourth-order valence-corrected chi connectivity index (χ4v) is 4.99. The van der Waals surface area contributed by atoms with Crippen molar-refractivity contribution in [2.24, 2.45) is 5.92 Å². The third-order valence-corrected chi connectivity index (χ3v) is 6.34. The van der Waals surface area contributed by atoms with Gasteiger partial charge in [-0.2, -0.15) is 0 Å². The normalized spacial score (nSPS) is 26.9. The minimum Gasteiger partial charge on any atom is -0.389 e. The van der Waals surface area contributed by atoms with Crippen LogP contribution >= 0.6 is 0 Å². The molecule has 0 aliphatic carbocycles. The van der Waals surface area contributed by atoms with E-state index in [4.69, 9.17) is 0 Å². The van der Waals surface area contributed by atoms with Crippen molar-refractivity contribution in [3.8, 4) is 0 Å². The van der Waals surface area contributed by atoms with Gasteiger partial charge in [-0.15, -0.1) is 0 Å². The molecule has 0 radical (unpaired) electrons. The second kappa shape index (κ2) is 8.94. The lowest BCUT2D eigenvalue weighted by molar-refractivity contribution is -0.0780. The van der Waals surface area contributed by atoms with Crippen LogP contribution in [0.4, 0.5) is 0 Å². The summed E-state index contributed by atoms with van der Waals surface area (Å²) >= 11 is 0. The van der Waals surface area contributed by atoms with Crippen LogP contribution in [0.25, 0.3) is 0 Å². The molecule has 0 aromatic heterocycles. The number of aliphatic hydroxyl groups is 1. The minimum atomic E-state index is -0.760. The number of piperidine rings is 1. The van der Waals surface area contributed by atoms with Crippen LogP contribution in [0.15, 0.2) is 91.0 Å². The second-order valence-corrected chi connectivity index (χ2v) is 8.38. The van der Waals surface area contributed by atoms with E-state index in [1.807, 2.05) is 6.07 Å². The molecule has 0 amide bonds. The van der Waals surface area contributed by atoms with Gasteiger partial charge in [-0.25, -0.2) is 0 Å². The molecule has 1 aliphatic rings. The lowest BCUT2D eigenvalue weighted by atomic mass is 9.67. The Morgan fingerprint density at radius 1 is 0.828 bits per heavy atom. The predicted molar refractivity (Wildman–Crippen MR) is 120 cm³/mol. The molecular weight excluding hydrogens is 354 g/mol. The Kier molecular flexibility index (Phi) is 6.13. The van der Waals surface area contributed by atoms with Gasteiger partial charge in [-0.1, -0.05) is 104 Å². The molecule has 3 aromatic carbocycles. The van der Waals surface area contributed by atoms with Crippen LogP contribution in [0.5, 0.6) is 0 Å². The molecule has 2 N–H and O–H groups in total. The Balaban J connectivity index is 1.75. The van der Waals surface area contributed by atoms with E-state index < -0.39 is 5.60 Å². The summed E-state index contributed by atoms with van der Waals surface area (Å²) in [5, 5.41) is 16.0. The molecule has 0 spiro atoms. The largest absolute Gasteiger partial charge is 0.389 e. The zero-order chi connectivity index (χ0) is 20.1. The lowest BCUT2D eigenvalue weighted by Gasteiger charge is -2.49. The van der Waals surface area contributed by atoms with Gasteiger partial charge in [0, 0.05) is 24.4 Å². The number of nitrogens with one attached hydrogen (secondary N) is 1. The minimum absolute atomic E-state index is 0.128. The van der Waals surface area contributed by atoms with Crippen molar-refractivity contribution in [2.45, 2.75) is 50.3 Å². The van der Waals surface area contributed by atoms with E-state index in [1.54, 1.807) is 0 Å². The highest BCUT2D eigenvalue weighted by atomic mass is 16.3. The second-order valence-electron chi connectivity index (χ2n) is 8.38. The van der Waals surface area contributed by atoms with Crippen molar-refractivity contribution in [1.29, 1.82) is 0 Å². The molecule has 0 bridgehead atoms. The predicted octanol–water partition coefficient (Wildman–Crippen LogP) is 5.85. The highest BCUT2D eigenvalue weighted by molar-refractivity contribution is 5.28. The topological polar surface area (TPSA) is 32.3 Å². The van der Waals surface area contributed by atoms with Gasteiger partial charge >= 0.3 is 0 Å². The molecule has 3 aromatic rings. The van der Waals surface area contributed by atoms with Crippen LogP contribution in [0, 0.1) is 5.92 Å². The molecule has 2 nitrogen and oxygen atoms in total. The molecule has 4 atom stereocenters. The smallest absolute Gasteiger partial charge is 0.0752 e. The van der Waals surface area contributed by atoms with Gasteiger partial charge in [0.05, 0.1) is 5.60 Å². The Morgan fingerprint density at radius 2 is 1.38 bits per heavy atom. The summed E-state index contributed by atoms with van der Waals surface area (Å²) in [6.45, 7) is 2.22. The first-order chi connectivity index (χ1) is 14.2. The summed E-state index contributed by atoms with van der Waals surface area (Å²) in [6, 6.07) is 31.9. The average Bonchev–Trinajstić information content (AvgIpc) is 2.77. The summed E-state index contributed by atoms with van der Waals surface area (Å²) in [5.74, 6) is 0.162. The van der Waals surface area contributed by atoms with E-state index in [0.717, 1.165) is 19.3 Å². The fourth-order valence-electron chi connectivity index (χ4n) is 4.99. The maximum atomic E-state index is 12.1. The van der Waals surface area contributed by atoms with Gasteiger partial charge < -0.3 is 10.4 Å². The number of hydrogen-bond donors (Lipinski definition) is 2. The highest BCUT2D eigenvalue weighted by Crippen LogP contribution is 2.46. The SMILES string of the molecule is CCC[C@@H]1[C@H](c2ccccc2)N[C@H](c2ccccc2)C[C@]1(O)Cc1ccccc1. The molecule has 1 aliphatic heterocycles. The van der Waals surface area contributed by atoms with E-state index in [2.05, 4.69) is 97.2 Å². The Bertz CT molecular complexity index is 880. The molecule has 29 heavy (non-hydrogen) atoms. The van der Waals surface area contributed by atoms with Crippen LogP contribution in [0.1, 0.15) is 55.0 Å². The van der Waals surface area contributed by atoms with Crippen molar-refractivity contribution in [3.63, 3.8) is 0 Å². The monoisotopic (exact) mass is 385 g/mol. The molecule has 2 heteroatoms. The number of rotatable bonds is 6. The van der Waals surface area contributed by atoms with Crippen LogP contribution in [-0.2, 0) is 6.42 Å². The zero-order valence-corrected chi connectivity index (χ0v) is 17.2. The maximum Gasteiger partial charge on any atom is 0.0752 e. The molecule has 1 fully saturated rings. The first-order valence-electron chi connectivity index (χ1n) is 10.8. The van der Waals surface area contributed by atoms with Crippen LogP contribution in [-0.4, -0.2) is 10.7 Å². The number of hydrogen-bond acceptors (Lipinski definition) is 2. The Hall–Kier alpha value is -2.42. The zero-order valence-electron chi connectivity index (χ0n) is 17.2. The van der Waals surface area contributed by atoms with Crippen LogP contribution in [0.2, 0.25) is 0 Å². The van der Waals surface area contributed by atoms with Gasteiger partial charge in [0.15, 0.2) is 0 Å².